The number of rotatable bonds is 6. The molecule has 0 atom stereocenters. The molecular weight excluding hydrogens is 392 g/mol. The monoisotopic (exact) mass is 412 g/mol. The molecule has 7 heteroatoms. The summed E-state index contributed by atoms with van der Waals surface area (Å²) in [4.78, 5) is 13.6. The van der Waals surface area contributed by atoms with E-state index < -0.39 is 10.0 Å². The van der Waals surface area contributed by atoms with Crippen LogP contribution in [0.25, 0.3) is 0 Å². The van der Waals surface area contributed by atoms with Gasteiger partial charge in [-0.1, -0.05) is 23.8 Å². The van der Waals surface area contributed by atoms with E-state index in [4.69, 9.17) is 0 Å². The number of amides is 1. The first-order valence-electron chi connectivity index (χ1n) is 8.52. The van der Waals surface area contributed by atoms with E-state index in [2.05, 4.69) is 10.0 Å². The number of anilines is 2. The molecule has 0 aliphatic rings. The van der Waals surface area contributed by atoms with E-state index in [0.29, 0.717) is 16.9 Å². The topological polar surface area (TPSA) is 75.3 Å². The van der Waals surface area contributed by atoms with Crippen LogP contribution in [0.5, 0.6) is 0 Å². The van der Waals surface area contributed by atoms with Crippen LogP contribution in [-0.4, -0.2) is 20.6 Å². The van der Waals surface area contributed by atoms with Crippen molar-refractivity contribution >= 4 is 39.1 Å². The number of carbonyl (C=O) groups is 1. The molecule has 3 rings (SSSR count). The SMILES string of the molecule is CSc1cccc(NC(=O)c2ccc(NS(=O)(=O)c3ccc(C)cc3)cc2)c1. The van der Waals surface area contributed by atoms with Gasteiger partial charge in [-0.3, -0.25) is 9.52 Å². The third-order valence-electron chi connectivity index (χ3n) is 4.06. The highest BCUT2D eigenvalue weighted by atomic mass is 32.2. The molecule has 0 aliphatic heterocycles. The average Bonchev–Trinajstić information content (AvgIpc) is 2.68. The molecule has 0 radical (unpaired) electrons. The fourth-order valence-corrected chi connectivity index (χ4v) is 4.04. The third-order valence-corrected chi connectivity index (χ3v) is 6.18. The van der Waals surface area contributed by atoms with E-state index in [1.165, 1.54) is 0 Å². The molecule has 0 bridgehead atoms. The molecule has 5 nitrogen and oxygen atoms in total. The van der Waals surface area contributed by atoms with Crippen LogP contribution in [-0.2, 0) is 10.0 Å². The Kier molecular flexibility index (Phi) is 6.06. The molecule has 0 aromatic heterocycles. The van der Waals surface area contributed by atoms with Gasteiger partial charge in [-0.2, -0.15) is 0 Å². The minimum atomic E-state index is -3.67. The largest absolute Gasteiger partial charge is 0.322 e. The summed E-state index contributed by atoms with van der Waals surface area (Å²) in [6.07, 6.45) is 1.97. The van der Waals surface area contributed by atoms with Gasteiger partial charge in [0, 0.05) is 21.8 Å². The molecule has 0 fully saturated rings. The highest BCUT2D eigenvalue weighted by molar-refractivity contribution is 7.98. The first kappa shape index (κ1) is 20.0. The number of carbonyl (C=O) groups excluding carboxylic acids is 1. The molecule has 3 aromatic carbocycles. The quantitative estimate of drug-likeness (QED) is 0.572. The van der Waals surface area contributed by atoms with Crippen molar-refractivity contribution in [3.05, 3.63) is 83.9 Å². The molecule has 1 amide bonds. The second-order valence-corrected chi connectivity index (χ2v) is 8.74. The van der Waals surface area contributed by atoms with Crippen LogP contribution in [0.3, 0.4) is 0 Å². The zero-order valence-electron chi connectivity index (χ0n) is 15.5. The summed E-state index contributed by atoms with van der Waals surface area (Å²) in [6, 6.07) is 20.5. The van der Waals surface area contributed by atoms with E-state index in [1.807, 2.05) is 37.4 Å². The van der Waals surface area contributed by atoms with Crippen molar-refractivity contribution in [2.75, 3.05) is 16.3 Å². The summed E-state index contributed by atoms with van der Waals surface area (Å²) < 4.78 is 27.4. The van der Waals surface area contributed by atoms with Crippen molar-refractivity contribution in [2.45, 2.75) is 16.7 Å². The zero-order chi connectivity index (χ0) is 20.1. The summed E-state index contributed by atoms with van der Waals surface area (Å²) in [7, 11) is -3.67. The van der Waals surface area contributed by atoms with Gasteiger partial charge in [-0.25, -0.2) is 8.42 Å². The first-order chi connectivity index (χ1) is 13.4. The molecule has 0 unspecified atom stereocenters. The second kappa shape index (κ2) is 8.50. The lowest BCUT2D eigenvalue weighted by molar-refractivity contribution is 0.102. The molecule has 0 saturated heterocycles. The lowest BCUT2D eigenvalue weighted by Crippen LogP contribution is -2.14. The summed E-state index contributed by atoms with van der Waals surface area (Å²) in [6.45, 7) is 1.89. The molecule has 2 N–H and O–H groups in total. The molecular formula is C21H20N2O3S2. The van der Waals surface area contributed by atoms with Crippen LogP contribution in [0.15, 0.2) is 82.6 Å². The Labute approximate surface area is 169 Å². The summed E-state index contributed by atoms with van der Waals surface area (Å²) >= 11 is 1.60. The fourth-order valence-electron chi connectivity index (χ4n) is 2.53. The van der Waals surface area contributed by atoms with E-state index >= 15 is 0 Å². The minimum absolute atomic E-state index is 0.189. The standard InChI is InChI=1S/C21H20N2O3S2/c1-15-6-12-20(13-7-15)28(25,26)23-17-10-8-16(9-11-17)21(24)22-18-4-3-5-19(14-18)27-2/h3-14,23H,1-2H3,(H,22,24). The van der Waals surface area contributed by atoms with E-state index in [1.54, 1.807) is 60.3 Å². The second-order valence-electron chi connectivity index (χ2n) is 6.18. The molecule has 0 spiro atoms. The summed E-state index contributed by atoms with van der Waals surface area (Å²) in [5.41, 5.74) is 2.52. The Hall–Kier alpha value is -2.77. The van der Waals surface area contributed by atoms with Crippen LogP contribution in [0, 0.1) is 6.92 Å². The van der Waals surface area contributed by atoms with Gasteiger partial charge in [0.2, 0.25) is 0 Å². The maximum Gasteiger partial charge on any atom is 0.261 e. The Morgan fingerprint density at radius 2 is 1.57 bits per heavy atom. The Balaban J connectivity index is 1.70. The highest BCUT2D eigenvalue weighted by Gasteiger charge is 2.14. The van der Waals surface area contributed by atoms with Crippen LogP contribution >= 0.6 is 11.8 Å². The predicted octanol–water partition coefficient (Wildman–Crippen LogP) is 4.77. The van der Waals surface area contributed by atoms with Gasteiger partial charge in [0.15, 0.2) is 0 Å². The number of hydrogen-bond acceptors (Lipinski definition) is 4. The number of sulfonamides is 1. The smallest absolute Gasteiger partial charge is 0.261 e. The molecule has 0 heterocycles. The number of benzene rings is 3. The van der Waals surface area contributed by atoms with E-state index in [9.17, 15) is 13.2 Å². The van der Waals surface area contributed by atoms with Gasteiger partial charge in [-0.05, 0) is 67.8 Å². The van der Waals surface area contributed by atoms with Gasteiger partial charge in [0.1, 0.15) is 0 Å². The van der Waals surface area contributed by atoms with Crippen molar-refractivity contribution in [1.82, 2.24) is 0 Å². The highest BCUT2D eigenvalue weighted by Crippen LogP contribution is 2.21. The van der Waals surface area contributed by atoms with Gasteiger partial charge >= 0.3 is 0 Å². The molecule has 144 valence electrons. The van der Waals surface area contributed by atoms with Crippen LogP contribution < -0.4 is 10.0 Å². The van der Waals surface area contributed by atoms with Crippen LogP contribution in [0.1, 0.15) is 15.9 Å². The Morgan fingerprint density at radius 3 is 2.21 bits per heavy atom. The molecule has 3 aromatic rings. The third kappa shape index (κ3) is 4.94. The molecule has 28 heavy (non-hydrogen) atoms. The van der Waals surface area contributed by atoms with E-state index in [-0.39, 0.29) is 10.8 Å². The van der Waals surface area contributed by atoms with Gasteiger partial charge in [-0.15, -0.1) is 11.8 Å². The number of nitrogens with one attached hydrogen (secondary N) is 2. The van der Waals surface area contributed by atoms with Crippen molar-refractivity contribution in [1.29, 1.82) is 0 Å². The normalized spacial score (nSPS) is 11.1. The van der Waals surface area contributed by atoms with Crippen molar-refractivity contribution in [2.24, 2.45) is 0 Å². The minimum Gasteiger partial charge on any atom is -0.322 e. The summed E-state index contributed by atoms with van der Waals surface area (Å²) in [5.74, 6) is -0.258. The van der Waals surface area contributed by atoms with E-state index in [0.717, 1.165) is 10.5 Å². The first-order valence-corrected chi connectivity index (χ1v) is 11.2. The fraction of sp³-hybridized carbons (Fsp3) is 0.0952. The zero-order valence-corrected chi connectivity index (χ0v) is 17.1. The lowest BCUT2D eigenvalue weighted by atomic mass is 10.2. The Bertz CT molecular complexity index is 1080. The van der Waals surface area contributed by atoms with Crippen molar-refractivity contribution in [3.8, 4) is 0 Å². The van der Waals surface area contributed by atoms with Gasteiger partial charge in [0.25, 0.3) is 15.9 Å². The molecule has 0 aliphatic carbocycles. The van der Waals surface area contributed by atoms with Crippen LogP contribution in [0.2, 0.25) is 0 Å². The van der Waals surface area contributed by atoms with Gasteiger partial charge in [0.05, 0.1) is 4.90 Å². The Morgan fingerprint density at radius 1 is 0.893 bits per heavy atom. The predicted molar refractivity (Wildman–Crippen MR) is 115 cm³/mol. The number of thioether (sulfide) groups is 1. The van der Waals surface area contributed by atoms with Crippen molar-refractivity contribution < 1.29 is 13.2 Å². The number of aryl methyl sites for hydroxylation is 1. The van der Waals surface area contributed by atoms with Crippen LogP contribution in [0.4, 0.5) is 11.4 Å². The van der Waals surface area contributed by atoms with Gasteiger partial charge < -0.3 is 5.32 Å². The lowest BCUT2D eigenvalue weighted by Gasteiger charge is -2.10. The average molecular weight is 413 g/mol. The molecule has 0 saturated carbocycles. The van der Waals surface area contributed by atoms with Crippen molar-refractivity contribution in [3.63, 3.8) is 0 Å². The maximum atomic E-state index is 12.4. The maximum absolute atomic E-state index is 12.4. The number of hydrogen-bond donors (Lipinski definition) is 2. The summed E-state index contributed by atoms with van der Waals surface area (Å²) in [5, 5.41) is 2.84.